The molecular formula is C19H14N2O. The Hall–Kier alpha value is -2.86. The number of fused-ring (bicyclic) bond motifs is 4. The molecule has 1 heterocycles. The van der Waals surface area contributed by atoms with Crippen LogP contribution in [-0.2, 0) is 12.8 Å². The number of carbonyl (C=O) groups excluding carboxylic acids is 1. The number of hydrogen-bond acceptors (Lipinski definition) is 2. The second kappa shape index (κ2) is 4.57. The van der Waals surface area contributed by atoms with Crippen LogP contribution in [0.4, 0.5) is 0 Å². The summed E-state index contributed by atoms with van der Waals surface area (Å²) >= 11 is 0. The first-order valence-corrected chi connectivity index (χ1v) is 7.43. The molecule has 1 aromatic heterocycles. The number of carbonyl (C=O) groups is 1. The minimum Gasteiger partial charge on any atom is -0.357 e. The van der Waals surface area contributed by atoms with Gasteiger partial charge in [0, 0.05) is 28.6 Å². The molecule has 3 nitrogen and oxygen atoms in total. The minimum absolute atomic E-state index is 0.0857. The van der Waals surface area contributed by atoms with Crippen molar-refractivity contribution in [2.45, 2.75) is 19.8 Å². The third kappa shape index (κ3) is 1.64. The van der Waals surface area contributed by atoms with Crippen molar-refractivity contribution in [1.82, 2.24) is 4.98 Å². The van der Waals surface area contributed by atoms with Crippen molar-refractivity contribution in [3.05, 3.63) is 69.9 Å². The van der Waals surface area contributed by atoms with Crippen LogP contribution in [0.1, 0.15) is 45.2 Å². The lowest BCUT2D eigenvalue weighted by Crippen LogP contribution is -2.14. The Morgan fingerprint density at radius 3 is 2.86 bits per heavy atom. The molecule has 3 aromatic rings. The highest BCUT2D eigenvalue weighted by Crippen LogP contribution is 2.35. The first-order valence-electron chi connectivity index (χ1n) is 7.43. The molecule has 22 heavy (non-hydrogen) atoms. The maximum Gasteiger partial charge on any atom is 0.195 e. The second-order valence-electron chi connectivity index (χ2n) is 5.66. The van der Waals surface area contributed by atoms with E-state index < -0.39 is 0 Å². The first-order chi connectivity index (χ1) is 10.7. The van der Waals surface area contributed by atoms with Gasteiger partial charge in [0.25, 0.3) is 0 Å². The number of benzene rings is 2. The SMILES string of the molecule is CCc1cc(C#N)cc2[nH]c3c(c12)C(=O)c1ccccc1C3. The van der Waals surface area contributed by atoms with Gasteiger partial charge in [0.15, 0.2) is 5.78 Å². The molecule has 0 bridgehead atoms. The van der Waals surface area contributed by atoms with Crippen LogP contribution >= 0.6 is 0 Å². The number of nitriles is 1. The molecule has 2 aromatic carbocycles. The number of aromatic amines is 1. The zero-order valence-corrected chi connectivity index (χ0v) is 12.2. The van der Waals surface area contributed by atoms with E-state index in [1.807, 2.05) is 36.4 Å². The molecule has 0 saturated carbocycles. The molecule has 0 amide bonds. The number of aromatic nitrogens is 1. The zero-order valence-electron chi connectivity index (χ0n) is 12.2. The van der Waals surface area contributed by atoms with E-state index >= 15 is 0 Å². The molecule has 1 aliphatic carbocycles. The lowest BCUT2D eigenvalue weighted by Gasteiger charge is -2.15. The Bertz CT molecular complexity index is 973. The average Bonchev–Trinajstić information content (AvgIpc) is 2.92. The van der Waals surface area contributed by atoms with Crippen molar-refractivity contribution in [2.24, 2.45) is 0 Å². The molecule has 1 aliphatic rings. The van der Waals surface area contributed by atoms with Crippen LogP contribution in [0.2, 0.25) is 0 Å². The van der Waals surface area contributed by atoms with Crippen LogP contribution in [-0.4, -0.2) is 10.8 Å². The molecule has 0 atom stereocenters. The van der Waals surface area contributed by atoms with Gasteiger partial charge in [0.2, 0.25) is 0 Å². The fourth-order valence-corrected chi connectivity index (χ4v) is 3.42. The van der Waals surface area contributed by atoms with Gasteiger partial charge in [-0.05, 0) is 29.7 Å². The van der Waals surface area contributed by atoms with E-state index in [0.717, 1.165) is 51.7 Å². The maximum absolute atomic E-state index is 12.9. The average molecular weight is 286 g/mol. The predicted octanol–water partition coefficient (Wildman–Crippen LogP) is 3.74. The van der Waals surface area contributed by atoms with E-state index in [-0.39, 0.29) is 5.78 Å². The number of H-pyrrole nitrogens is 1. The predicted molar refractivity (Wildman–Crippen MR) is 85.1 cm³/mol. The Kier molecular flexibility index (Phi) is 2.67. The van der Waals surface area contributed by atoms with Gasteiger partial charge in [-0.2, -0.15) is 5.26 Å². The van der Waals surface area contributed by atoms with Crippen molar-refractivity contribution < 1.29 is 4.79 Å². The van der Waals surface area contributed by atoms with Gasteiger partial charge in [-0.25, -0.2) is 0 Å². The smallest absolute Gasteiger partial charge is 0.195 e. The summed E-state index contributed by atoms with van der Waals surface area (Å²) in [6, 6.07) is 13.7. The monoisotopic (exact) mass is 286 g/mol. The molecule has 3 heteroatoms. The fraction of sp³-hybridized carbons (Fsp3) is 0.158. The molecule has 0 unspecified atom stereocenters. The van der Waals surface area contributed by atoms with Crippen molar-refractivity contribution in [2.75, 3.05) is 0 Å². The standard InChI is InChI=1S/C19H14N2O/c1-2-12-7-11(10-20)8-15-17(12)18-16(21-15)9-13-5-3-4-6-14(13)19(18)22/h3-8,21H,2,9H2,1H3. The van der Waals surface area contributed by atoms with E-state index in [1.54, 1.807) is 0 Å². The summed E-state index contributed by atoms with van der Waals surface area (Å²) in [5, 5.41) is 10.2. The van der Waals surface area contributed by atoms with E-state index in [2.05, 4.69) is 18.0 Å². The Morgan fingerprint density at radius 1 is 1.27 bits per heavy atom. The van der Waals surface area contributed by atoms with Crippen LogP contribution in [0, 0.1) is 11.3 Å². The van der Waals surface area contributed by atoms with Gasteiger partial charge in [-0.3, -0.25) is 4.79 Å². The summed E-state index contributed by atoms with van der Waals surface area (Å²) in [7, 11) is 0. The topological polar surface area (TPSA) is 56.6 Å². The zero-order chi connectivity index (χ0) is 15.3. The van der Waals surface area contributed by atoms with Crippen LogP contribution < -0.4 is 0 Å². The number of ketones is 1. The molecule has 0 fully saturated rings. The number of nitrogens with zero attached hydrogens (tertiary/aromatic N) is 1. The van der Waals surface area contributed by atoms with Crippen LogP contribution in [0.5, 0.6) is 0 Å². The lowest BCUT2D eigenvalue weighted by atomic mass is 9.86. The summed E-state index contributed by atoms with van der Waals surface area (Å²) in [6.07, 6.45) is 1.53. The largest absolute Gasteiger partial charge is 0.357 e. The highest BCUT2D eigenvalue weighted by atomic mass is 16.1. The van der Waals surface area contributed by atoms with E-state index in [0.29, 0.717) is 5.56 Å². The van der Waals surface area contributed by atoms with Crippen molar-refractivity contribution in [1.29, 1.82) is 5.26 Å². The van der Waals surface area contributed by atoms with Crippen molar-refractivity contribution in [3.63, 3.8) is 0 Å². The Morgan fingerprint density at radius 2 is 2.09 bits per heavy atom. The van der Waals surface area contributed by atoms with Gasteiger partial charge in [-0.15, -0.1) is 0 Å². The van der Waals surface area contributed by atoms with Gasteiger partial charge in [-0.1, -0.05) is 31.2 Å². The Balaban J connectivity index is 2.06. The molecule has 4 rings (SSSR count). The van der Waals surface area contributed by atoms with Gasteiger partial charge in [0.05, 0.1) is 17.2 Å². The third-order valence-corrected chi connectivity index (χ3v) is 4.42. The summed E-state index contributed by atoms with van der Waals surface area (Å²) in [5.74, 6) is 0.0857. The minimum atomic E-state index is 0.0857. The first kappa shape index (κ1) is 12.8. The van der Waals surface area contributed by atoms with E-state index in [4.69, 9.17) is 0 Å². The normalized spacial score (nSPS) is 12.8. The number of aryl methyl sites for hydroxylation is 1. The fourth-order valence-electron chi connectivity index (χ4n) is 3.42. The number of nitrogens with one attached hydrogen (secondary N) is 1. The van der Waals surface area contributed by atoms with Crippen LogP contribution in [0.15, 0.2) is 36.4 Å². The molecule has 0 saturated heterocycles. The van der Waals surface area contributed by atoms with Gasteiger partial charge < -0.3 is 4.98 Å². The molecule has 0 spiro atoms. The molecule has 106 valence electrons. The van der Waals surface area contributed by atoms with E-state index in [1.165, 1.54) is 0 Å². The van der Waals surface area contributed by atoms with Gasteiger partial charge in [0.1, 0.15) is 0 Å². The van der Waals surface area contributed by atoms with Crippen LogP contribution in [0.25, 0.3) is 10.9 Å². The number of hydrogen-bond donors (Lipinski definition) is 1. The summed E-state index contributed by atoms with van der Waals surface area (Å²) in [6.45, 7) is 2.05. The lowest BCUT2D eigenvalue weighted by molar-refractivity contribution is 0.103. The molecule has 0 radical (unpaired) electrons. The number of rotatable bonds is 1. The second-order valence-corrected chi connectivity index (χ2v) is 5.66. The summed E-state index contributed by atoms with van der Waals surface area (Å²) < 4.78 is 0. The summed E-state index contributed by atoms with van der Waals surface area (Å²) in [5.41, 5.74) is 6.18. The molecule has 0 aliphatic heterocycles. The highest BCUT2D eigenvalue weighted by Gasteiger charge is 2.28. The molecular weight excluding hydrogens is 272 g/mol. The third-order valence-electron chi connectivity index (χ3n) is 4.42. The molecule has 1 N–H and O–H groups in total. The quantitative estimate of drug-likeness (QED) is 0.579. The van der Waals surface area contributed by atoms with Crippen molar-refractivity contribution in [3.8, 4) is 6.07 Å². The van der Waals surface area contributed by atoms with Crippen LogP contribution in [0.3, 0.4) is 0 Å². The maximum atomic E-state index is 12.9. The Labute approximate surface area is 128 Å². The highest BCUT2D eigenvalue weighted by molar-refractivity contribution is 6.20. The van der Waals surface area contributed by atoms with Gasteiger partial charge >= 0.3 is 0 Å². The van der Waals surface area contributed by atoms with E-state index in [9.17, 15) is 10.1 Å². The van der Waals surface area contributed by atoms with Crippen molar-refractivity contribution >= 4 is 16.7 Å². The summed E-state index contributed by atoms with van der Waals surface area (Å²) in [4.78, 5) is 16.3.